The molecule has 0 aliphatic carbocycles. The summed E-state index contributed by atoms with van der Waals surface area (Å²) >= 11 is 0. The summed E-state index contributed by atoms with van der Waals surface area (Å²) in [7, 11) is 0. The molecule has 0 aliphatic heterocycles. The number of para-hydroxylation sites is 1. The van der Waals surface area contributed by atoms with Crippen LogP contribution in [-0.2, 0) is 4.79 Å². The Morgan fingerprint density at radius 3 is 2.79 bits per heavy atom. The summed E-state index contributed by atoms with van der Waals surface area (Å²) in [6.45, 7) is 3.93. The Kier molecular flexibility index (Phi) is 3.64. The van der Waals surface area contributed by atoms with Crippen LogP contribution in [0.4, 0.5) is 5.82 Å². The Hall–Kier alpha value is -2.17. The van der Waals surface area contributed by atoms with Crippen LogP contribution >= 0.6 is 0 Å². The van der Waals surface area contributed by atoms with Gasteiger partial charge in [-0.05, 0) is 32.4 Å². The molecule has 5 heteroatoms. The summed E-state index contributed by atoms with van der Waals surface area (Å²) in [5, 5.41) is 13.0. The van der Waals surface area contributed by atoms with Crippen molar-refractivity contribution >= 4 is 22.7 Å². The minimum atomic E-state index is -0.789. The third-order valence-corrected chi connectivity index (χ3v) is 2.96. The highest BCUT2D eigenvalue weighted by atomic mass is 16.4. The van der Waals surface area contributed by atoms with Crippen LogP contribution in [0.25, 0.3) is 10.9 Å². The van der Waals surface area contributed by atoms with Crippen molar-refractivity contribution in [3.05, 3.63) is 30.6 Å². The van der Waals surface area contributed by atoms with Gasteiger partial charge in [-0.15, -0.1) is 0 Å². The van der Waals surface area contributed by atoms with E-state index < -0.39 is 5.97 Å². The first kappa shape index (κ1) is 13.3. The smallest absolute Gasteiger partial charge is 0.303 e. The summed E-state index contributed by atoms with van der Waals surface area (Å²) in [6, 6.07) is 7.73. The molecular formula is C14H17N3O2. The molecule has 2 N–H and O–H groups in total. The third kappa shape index (κ3) is 3.40. The molecule has 2 rings (SSSR count). The molecule has 1 aromatic carbocycles. The highest BCUT2D eigenvalue weighted by molar-refractivity contribution is 5.88. The van der Waals surface area contributed by atoms with E-state index in [0.717, 1.165) is 16.7 Å². The van der Waals surface area contributed by atoms with E-state index in [0.29, 0.717) is 6.42 Å². The molecule has 0 atom stereocenters. The van der Waals surface area contributed by atoms with E-state index in [1.54, 1.807) is 0 Å². The number of hydrogen-bond acceptors (Lipinski definition) is 4. The molecule has 19 heavy (non-hydrogen) atoms. The van der Waals surface area contributed by atoms with E-state index in [1.807, 2.05) is 38.1 Å². The number of fused-ring (bicyclic) bond motifs is 1. The van der Waals surface area contributed by atoms with Crippen molar-refractivity contribution in [2.45, 2.75) is 32.2 Å². The number of nitrogens with zero attached hydrogens (tertiary/aromatic N) is 2. The molecule has 0 spiro atoms. The van der Waals surface area contributed by atoms with Crippen LogP contribution in [0.5, 0.6) is 0 Å². The minimum absolute atomic E-state index is 0.128. The fraction of sp³-hybridized carbons (Fsp3) is 0.357. The molecule has 0 fully saturated rings. The standard InChI is InChI=1S/C14H17N3O2/c1-14(2,8-7-12(18)19)17-13-10-5-3-4-6-11(10)15-9-16-13/h3-6,9H,7-8H2,1-2H3,(H,18,19)(H,15,16,17). The molecule has 0 saturated carbocycles. The maximum atomic E-state index is 10.7. The fourth-order valence-electron chi connectivity index (χ4n) is 1.91. The van der Waals surface area contributed by atoms with Gasteiger partial charge in [0.2, 0.25) is 0 Å². The molecule has 1 heterocycles. The first-order valence-corrected chi connectivity index (χ1v) is 6.18. The van der Waals surface area contributed by atoms with Gasteiger partial charge in [-0.2, -0.15) is 0 Å². The second-order valence-corrected chi connectivity index (χ2v) is 5.14. The second kappa shape index (κ2) is 5.22. The summed E-state index contributed by atoms with van der Waals surface area (Å²) in [5.41, 5.74) is 0.532. The number of carbonyl (C=O) groups is 1. The van der Waals surface area contributed by atoms with Gasteiger partial charge < -0.3 is 10.4 Å². The topological polar surface area (TPSA) is 75.1 Å². The van der Waals surface area contributed by atoms with Crippen molar-refractivity contribution in [3.8, 4) is 0 Å². The van der Waals surface area contributed by atoms with Gasteiger partial charge in [0.15, 0.2) is 0 Å². The number of hydrogen-bond donors (Lipinski definition) is 2. The highest BCUT2D eigenvalue weighted by Crippen LogP contribution is 2.24. The van der Waals surface area contributed by atoms with E-state index in [4.69, 9.17) is 5.11 Å². The van der Waals surface area contributed by atoms with Gasteiger partial charge >= 0.3 is 5.97 Å². The monoisotopic (exact) mass is 259 g/mol. The molecule has 0 unspecified atom stereocenters. The largest absolute Gasteiger partial charge is 0.481 e. The Morgan fingerprint density at radius 2 is 2.05 bits per heavy atom. The van der Waals surface area contributed by atoms with E-state index in [-0.39, 0.29) is 12.0 Å². The number of carboxylic acids is 1. The van der Waals surface area contributed by atoms with Gasteiger partial charge in [0, 0.05) is 17.3 Å². The minimum Gasteiger partial charge on any atom is -0.481 e. The lowest BCUT2D eigenvalue weighted by molar-refractivity contribution is -0.137. The Labute approximate surface area is 111 Å². The first-order chi connectivity index (χ1) is 8.98. The molecule has 0 bridgehead atoms. The maximum Gasteiger partial charge on any atom is 0.303 e. The molecule has 0 saturated heterocycles. The van der Waals surface area contributed by atoms with E-state index in [9.17, 15) is 4.79 Å². The summed E-state index contributed by atoms with van der Waals surface area (Å²) in [6.07, 6.45) is 2.17. The quantitative estimate of drug-likeness (QED) is 0.863. The van der Waals surface area contributed by atoms with E-state index in [1.165, 1.54) is 6.33 Å². The van der Waals surface area contributed by atoms with Crippen LogP contribution in [0, 0.1) is 0 Å². The summed E-state index contributed by atoms with van der Waals surface area (Å²) in [5.74, 6) is -0.0524. The molecule has 1 aromatic heterocycles. The van der Waals surface area contributed by atoms with Crippen molar-refractivity contribution < 1.29 is 9.90 Å². The zero-order valence-electron chi connectivity index (χ0n) is 11.1. The fourth-order valence-corrected chi connectivity index (χ4v) is 1.91. The molecular weight excluding hydrogens is 242 g/mol. The maximum absolute atomic E-state index is 10.7. The number of aromatic nitrogens is 2. The number of benzene rings is 1. The first-order valence-electron chi connectivity index (χ1n) is 6.18. The van der Waals surface area contributed by atoms with Gasteiger partial charge in [0.25, 0.3) is 0 Å². The molecule has 0 aliphatic rings. The summed E-state index contributed by atoms with van der Waals surface area (Å²) < 4.78 is 0. The average molecular weight is 259 g/mol. The molecule has 0 radical (unpaired) electrons. The van der Waals surface area contributed by atoms with Gasteiger partial charge in [-0.1, -0.05) is 12.1 Å². The average Bonchev–Trinajstić information content (AvgIpc) is 2.37. The van der Waals surface area contributed by atoms with E-state index in [2.05, 4.69) is 15.3 Å². The highest BCUT2D eigenvalue weighted by Gasteiger charge is 2.20. The summed E-state index contributed by atoms with van der Waals surface area (Å²) in [4.78, 5) is 19.1. The Balaban J connectivity index is 2.23. The van der Waals surface area contributed by atoms with Crippen LogP contribution in [0.15, 0.2) is 30.6 Å². The predicted octanol–water partition coefficient (Wildman–Crippen LogP) is 2.69. The predicted molar refractivity (Wildman–Crippen MR) is 74.1 cm³/mol. The lowest BCUT2D eigenvalue weighted by Crippen LogP contribution is -2.32. The van der Waals surface area contributed by atoms with Crippen LogP contribution in [0.2, 0.25) is 0 Å². The van der Waals surface area contributed by atoms with E-state index >= 15 is 0 Å². The van der Waals surface area contributed by atoms with Crippen molar-refractivity contribution in [1.82, 2.24) is 9.97 Å². The Bertz CT molecular complexity index is 591. The van der Waals surface area contributed by atoms with Crippen LogP contribution in [0.1, 0.15) is 26.7 Å². The normalized spacial score (nSPS) is 11.5. The lowest BCUT2D eigenvalue weighted by Gasteiger charge is -2.26. The van der Waals surface area contributed by atoms with Crippen LogP contribution in [0.3, 0.4) is 0 Å². The third-order valence-electron chi connectivity index (χ3n) is 2.96. The molecule has 2 aromatic rings. The van der Waals surface area contributed by atoms with Crippen molar-refractivity contribution in [3.63, 3.8) is 0 Å². The molecule has 0 amide bonds. The molecule has 5 nitrogen and oxygen atoms in total. The number of carboxylic acid groups (broad SMARTS) is 1. The van der Waals surface area contributed by atoms with Crippen LogP contribution < -0.4 is 5.32 Å². The number of nitrogens with one attached hydrogen (secondary N) is 1. The van der Waals surface area contributed by atoms with Gasteiger partial charge in [0.1, 0.15) is 12.1 Å². The van der Waals surface area contributed by atoms with Gasteiger partial charge in [0.05, 0.1) is 5.52 Å². The number of rotatable bonds is 5. The van der Waals surface area contributed by atoms with Gasteiger partial charge in [-0.25, -0.2) is 9.97 Å². The Morgan fingerprint density at radius 1 is 1.32 bits per heavy atom. The van der Waals surface area contributed by atoms with Crippen molar-refractivity contribution in [2.24, 2.45) is 0 Å². The van der Waals surface area contributed by atoms with Crippen molar-refractivity contribution in [2.75, 3.05) is 5.32 Å². The number of anilines is 1. The zero-order chi connectivity index (χ0) is 13.9. The molecule has 100 valence electrons. The lowest BCUT2D eigenvalue weighted by atomic mass is 9.98. The number of aliphatic carboxylic acids is 1. The SMILES string of the molecule is CC(C)(CCC(=O)O)Nc1ncnc2ccccc12. The zero-order valence-corrected chi connectivity index (χ0v) is 11.1. The van der Waals surface area contributed by atoms with Crippen LogP contribution in [-0.4, -0.2) is 26.6 Å². The van der Waals surface area contributed by atoms with Gasteiger partial charge in [-0.3, -0.25) is 4.79 Å². The van der Waals surface area contributed by atoms with Crippen molar-refractivity contribution in [1.29, 1.82) is 0 Å². The second-order valence-electron chi connectivity index (χ2n) is 5.14.